The molecule has 1 heterocycles. The molecule has 2 nitrogen and oxygen atoms in total. The second-order valence-corrected chi connectivity index (χ2v) is 5.74. The van der Waals surface area contributed by atoms with Crippen LogP contribution in [-0.4, -0.2) is 22.5 Å². The van der Waals surface area contributed by atoms with Gasteiger partial charge in [0.25, 0.3) is 0 Å². The molecule has 0 aliphatic carbocycles. The van der Waals surface area contributed by atoms with Crippen LogP contribution in [0.1, 0.15) is 40.5 Å². The number of rotatable bonds is 0. The Morgan fingerprint density at radius 1 is 1.21 bits per heavy atom. The van der Waals surface area contributed by atoms with Gasteiger partial charge in [0, 0.05) is 5.54 Å². The summed E-state index contributed by atoms with van der Waals surface area (Å²) >= 11 is 1.70. The minimum absolute atomic E-state index is 0. The van der Waals surface area contributed by atoms with Crippen LogP contribution >= 0.6 is 11.8 Å². The molecule has 1 aliphatic rings. The highest BCUT2D eigenvalue weighted by atomic mass is 127. The number of nitrogens with one attached hydrogen (secondary N) is 1. The second kappa shape index (κ2) is 5.05. The zero-order chi connectivity index (χ0) is 10.1. The molecule has 0 unspecified atom stereocenters. The van der Waals surface area contributed by atoms with Gasteiger partial charge in [0.2, 0.25) is 0 Å². The van der Waals surface area contributed by atoms with Gasteiger partial charge in [-0.3, -0.25) is 4.99 Å². The Morgan fingerprint density at radius 2 is 1.79 bits per heavy atom. The van der Waals surface area contributed by atoms with Crippen LogP contribution in [0.15, 0.2) is 4.99 Å². The topological polar surface area (TPSA) is 24.4 Å². The van der Waals surface area contributed by atoms with Crippen molar-refractivity contribution in [3.63, 3.8) is 0 Å². The van der Waals surface area contributed by atoms with Crippen molar-refractivity contribution in [2.45, 2.75) is 51.6 Å². The van der Waals surface area contributed by atoms with Crippen LogP contribution in [0.2, 0.25) is 0 Å². The minimum Gasteiger partial charge on any atom is -1.00 e. The van der Waals surface area contributed by atoms with E-state index < -0.39 is 0 Å². The summed E-state index contributed by atoms with van der Waals surface area (Å²) in [6.07, 6.45) is 4.40. The summed E-state index contributed by atoms with van der Waals surface area (Å²) in [5, 5.41) is 4.55. The van der Waals surface area contributed by atoms with E-state index in [-0.39, 0.29) is 35.1 Å². The maximum absolute atomic E-state index is 4.69. The molecule has 0 bridgehead atoms. The van der Waals surface area contributed by atoms with Gasteiger partial charge in [-0.2, -0.15) is 0 Å². The van der Waals surface area contributed by atoms with Crippen LogP contribution in [0.5, 0.6) is 0 Å². The molecule has 14 heavy (non-hydrogen) atoms. The van der Waals surface area contributed by atoms with E-state index in [1.165, 1.54) is 6.42 Å². The van der Waals surface area contributed by atoms with Crippen molar-refractivity contribution in [1.82, 2.24) is 5.32 Å². The molecule has 0 atom stereocenters. The molecule has 1 aliphatic heterocycles. The molecule has 0 saturated heterocycles. The molecule has 0 aromatic heterocycles. The van der Waals surface area contributed by atoms with Crippen molar-refractivity contribution >= 4 is 16.9 Å². The van der Waals surface area contributed by atoms with Gasteiger partial charge in [0.05, 0.1) is 5.54 Å². The van der Waals surface area contributed by atoms with Crippen molar-refractivity contribution in [2.75, 3.05) is 6.26 Å². The van der Waals surface area contributed by atoms with Crippen LogP contribution < -0.4 is 29.3 Å². The van der Waals surface area contributed by atoms with E-state index in [1.54, 1.807) is 11.8 Å². The Bertz CT molecular complexity index is 224. The lowest BCUT2D eigenvalue weighted by Gasteiger charge is -2.25. The molecule has 0 amide bonds. The first-order chi connectivity index (χ1) is 5.85. The van der Waals surface area contributed by atoms with Crippen molar-refractivity contribution in [3.8, 4) is 0 Å². The highest BCUT2D eigenvalue weighted by Gasteiger charge is 2.28. The Hall–Kier alpha value is 0.550. The monoisotopic (exact) mass is 327 g/mol. The number of halogens is 1. The summed E-state index contributed by atoms with van der Waals surface area (Å²) in [5.74, 6) is 0. The number of thioether (sulfide) groups is 1. The van der Waals surface area contributed by atoms with Crippen molar-refractivity contribution in [1.29, 1.82) is 0 Å². The molecule has 1 N–H and O–H groups in total. The molecule has 1 rings (SSSR count). The standard InChI is InChI=1S/C10H20N2S.HI/c1-9(2)6-7-10(3,4)12-8(11-9)13-5;/h6-7H2,1-5H3,(H,11,12);1H/p-1. The fourth-order valence-electron chi connectivity index (χ4n) is 1.43. The summed E-state index contributed by atoms with van der Waals surface area (Å²) < 4.78 is 0. The molecule has 0 saturated carbocycles. The van der Waals surface area contributed by atoms with Crippen LogP contribution in [0.4, 0.5) is 0 Å². The van der Waals surface area contributed by atoms with Gasteiger partial charge < -0.3 is 29.3 Å². The van der Waals surface area contributed by atoms with Gasteiger partial charge in [-0.05, 0) is 46.8 Å². The number of hydrogen-bond donors (Lipinski definition) is 1. The third-order valence-corrected chi connectivity index (χ3v) is 2.98. The third kappa shape index (κ3) is 4.38. The molecule has 84 valence electrons. The van der Waals surface area contributed by atoms with Crippen molar-refractivity contribution in [3.05, 3.63) is 0 Å². The van der Waals surface area contributed by atoms with E-state index in [0.717, 1.165) is 11.6 Å². The van der Waals surface area contributed by atoms with Gasteiger partial charge >= 0.3 is 0 Å². The van der Waals surface area contributed by atoms with E-state index in [2.05, 4.69) is 39.3 Å². The lowest BCUT2D eigenvalue weighted by Crippen LogP contribution is -3.00. The Kier molecular flexibility index (Phi) is 5.25. The zero-order valence-corrected chi connectivity index (χ0v) is 12.6. The molecule has 0 spiro atoms. The van der Waals surface area contributed by atoms with E-state index in [0.29, 0.717) is 0 Å². The highest BCUT2D eigenvalue weighted by Crippen LogP contribution is 2.27. The Balaban J connectivity index is 0.00000169. The smallest absolute Gasteiger partial charge is 0.157 e. The predicted molar refractivity (Wildman–Crippen MR) is 61.5 cm³/mol. The van der Waals surface area contributed by atoms with E-state index >= 15 is 0 Å². The van der Waals surface area contributed by atoms with Gasteiger partial charge in [-0.15, -0.1) is 0 Å². The quantitative estimate of drug-likeness (QED) is 0.615. The zero-order valence-electron chi connectivity index (χ0n) is 9.65. The first-order valence-electron chi connectivity index (χ1n) is 4.77. The fraction of sp³-hybridized carbons (Fsp3) is 0.900. The maximum Gasteiger partial charge on any atom is 0.157 e. The largest absolute Gasteiger partial charge is 1.00 e. The van der Waals surface area contributed by atoms with E-state index in [4.69, 9.17) is 4.99 Å². The Labute approximate surface area is 109 Å². The van der Waals surface area contributed by atoms with Crippen LogP contribution in [0, 0.1) is 0 Å². The van der Waals surface area contributed by atoms with Crippen LogP contribution in [-0.2, 0) is 0 Å². The average Bonchev–Trinajstić information content (AvgIpc) is 2.08. The van der Waals surface area contributed by atoms with Gasteiger partial charge in [-0.25, -0.2) is 0 Å². The van der Waals surface area contributed by atoms with Gasteiger partial charge in [0.15, 0.2) is 5.17 Å². The molecular formula is C10H20IN2S-. The Morgan fingerprint density at radius 3 is 2.29 bits per heavy atom. The average molecular weight is 327 g/mol. The van der Waals surface area contributed by atoms with Gasteiger partial charge in [0.1, 0.15) is 0 Å². The number of hydrogen-bond acceptors (Lipinski definition) is 3. The summed E-state index contributed by atoms with van der Waals surface area (Å²) in [7, 11) is 0. The second-order valence-electron chi connectivity index (χ2n) is 4.94. The summed E-state index contributed by atoms with van der Waals surface area (Å²) in [6, 6.07) is 0. The minimum atomic E-state index is 0. The highest BCUT2D eigenvalue weighted by molar-refractivity contribution is 8.13. The SMILES string of the molecule is CSC1=NC(C)(C)CCC(C)(C)N1.[I-]. The number of amidine groups is 1. The lowest BCUT2D eigenvalue weighted by molar-refractivity contribution is -0.00000390. The summed E-state index contributed by atoms with van der Waals surface area (Å²) in [4.78, 5) is 4.69. The van der Waals surface area contributed by atoms with E-state index in [9.17, 15) is 0 Å². The molecular weight excluding hydrogens is 307 g/mol. The molecule has 0 radical (unpaired) electrons. The van der Waals surface area contributed by atoms with Crippen LogP contribution in [0.25, 0.3) is 0 Å². The summed E-state index contributed by atoms with van der Waals surface area (Å²) in [5.41, 5.74) is 0.286. The van der Waals surface area contributed by atoms with Crippen LogP contribution in [0.3, 0.4) is 0 Å². The maximum atomic E-state index is 4.69. The van der Waals surface area contributed by atoms with Gasteiger partial charge in [-0.1, -0.05) is 11.8 Å². The summed E-state index contributed by atoms with van der Waals surface area (Å²) in [6.45, 7) is 8.87. The predicted octanol–water partition coefficient (Wildman–Crippen LogP) is -0.350. The third-order valence-electron chi connectivity index (χ3n) is 2.40. The number of nitrogens with zero attached hydrogens (tertiary/aromatic N) is 1. The fourth-order valence-corrected chi connectivity index (χ4v) is 2.14. The number of aliphatic imine (C=N–C) groups is 1. The molecule has 0 fully saturated rings. The first kappa shape index (κ1) is 14.6. The van der Waals surface area contributed by atoms with E-state index in [1.807, 2.05) is 0 Å². The first-order valence-corrected chi connectivity index (χ1v) is 5.99. The molecule has 0 aromatic carbocycles. The molecule has 0 aromatic rings. The normalized spacial score (nSPS) is 23.9. The van der Waals surface area contributed by atoms with Crippen molar-refractivity contribution in [2.24, 2.45) is 4.99 Å². The molecule has 4 heteroatoms. The van der Waals surface area contributed by atoms with Crippen molar-refractivity contribution < 1.29 is 24.0 Å². The lowest BCUT2D eigenvalue weighted by atomic mass is 9.91.